The lowest BCUT2D eigenvalue weighted by Gasteiger charge is -2.15. The fourth-order valence-corrected chi connectivity index (χ4v) is 3.81. The van der Waals surface area contributed by atoms with E-state index in [-0.39, 0.29) is 12.3 Å². The van der Waals surface area contributed by atoms with E-state index in [2.05, 4.69) is 37.7 Å². The molecule has 0 fully saturated rings. The van der Waals surface area contributed by atoms with Crippen molar-refractivity contribution < 1.29 is 9.53 Å². The van der Waals surface area contributed by atoms with E-state index in [1.807, 2.05) is 22.9 Å². The van der Waals surface area contributed by atoms with Gasteiger partial charge in [-0.2, -0.15) is 0 Å². The first-order valence-corrected chi connectivity index (χ1v) is 10.1. The van der Waals surface area contributed by atoms with E-state index in [1.165, 1.54) is 5.56 Å². The molecule has 9 nitrogen and oxygen atoms in total. The minimum Gasteiger partial charge on any atom is -0.449 e. The van der Waals surface area contributed by atoms with Gasteiger partial charge >= 0.3 is 6.09 Å². The standard InChI is InChI=1S/C21H23N7O2/c29-21(30-9-3-7-27-8-6-22-14-27)28-12-16-11-23-20(25-18(16)13-28)26-19-10-15-4-1-2-5-17(15)24-19/h1-2,4-6,8,11,14,19,24H,3,7,9-10,12-13H2,(H,23,25,26). The molecular formula is C21H23N7O2. The van der Waals surface area contributed by atoms with Gasteiger partial charge in [0.1, 0.15) is 6.17 Å². The van der Waals surface area contributed by atoms with Crippen LogP contribution in [-0.4, -0.2) is 43.3 Å². The molecule has 1 unspecified atom stereocenters. The minimum atomic E-state index is -0.318. The Bertz CT molecular complexity index is 1010. The van der Waals surface area contributed by atoms with Crippen LogP contribution < -0.4 is 10.6 Å². The molecule has 2 aliphatic heterocycles. The third-order valence-corrected chi connectivity index (χ3v) is 5.33. The number of para-hydroxylation sites is 1. The SMILES string of the molecule is O=C(OCCCn1ccnc1)N1Cc2cnc(NC3Cc4ccccc4N3)nc2C1. The van der Waals surface area contributed by atoms with Crippen LogP contribution in [0.2, 0.25) is 0 Å². The van der Waals surface area contributed by atoms with Crippen molar-refractivity contribution >= 4 is 17.7 Å². The van der Waals surface area contributed by atoms with Crippen LogP contribution in [0, 0.1) is 0 Å². The maximum absolute atomic E-state index is 12.4. The number of aryl methyl sites for hydroxylation is 1. The Balaban J connectivity index is 1.12. The largest absolute Gasteiger partial charge is 0.449 e. The maximum atomic E-state index is 12.4. The highest BCUT2D eigenvalue weighted by Crippen LogP contribution is 2.26. The lowest BCUT2D eigenvalue weighted by Crippen LogP contribution is -2.27. The van der Waals surface area contributed by atoms with Gasteiger partial charge < -0.3 is 19.9 Å². The number of amides is 1. The Labute approximate surface area is 174 Å². The van der Waals surface area contributed by atoms with Crippen molar-refractivity contribution in [3.63, 3.8) is 0 Å². The number of carbonyl (C=O) groups is 1. The smallest absolute Gasteiger partial charge is 0.410 e. The summed E-state index contributed by atoms with van der Waals surface area (Å²) in [6.45, 7) is 2.05. The molecule has 3 aromatic rings. The fraction of sp³-hybridized carbons (Fsp3) is 0.333. The fourth-order valence-electron chi connectivity index (χ4n) is 3.81. The van der Waals surface area contributed by atoms with Crippen LogP contribution in [0.3, 0.4) is 0 Å². The summed E-state index contributed by atoms with van der Waals surface area (Å²) in [5.74, 6) is 0.564. The van der Waals surface area contributed by atoms with E-state index < -0.39 is 0 Å². The van der Waals surface area contributed by atoms with Crippen molar-refractivity contribution in [2.45, 2.75) is 38.6 Å². The van der Waals surface area contributed by atoms with Gasteiger partial charge in [-0.25, -0.2) is 19.7 Å². The highest BCUT2D eigenvalue weighted by atomic mass is 16.6. The van der Waals surface area contributed by atoms with E-state index >= 15 is 0 Å². The number of aromatic nitrogens is 4. The number of carbonyl (C=O) groups excluding carboxylic acids is 1. The summed E-state index contributed by atoms with van der Waals surface area (Å²) >= 11 is 0. The lowest BCUT2D eigenvalue weighted by molar-refractivity contribution is 0.0992. The summed E-state index contributed by atoms with van der Waals surface area (Å²) < 4.78 is 7.37. The second-order valence-electron chi connectivity index (χ2n) is 7.49. The molecule has 30 heavy (non-hydrogen) atoms. The van der Waals surface area contributed by atoms with Crippen LogP contribution in [0.1, 0.15) is 23.2 Å². The van der Waals surface area contributed by atoms with Gasteiger partial charge in [-0.1, -0.05) is 18.2 Å². The van der Waals surface area contributed by atoms with E-state index in [1.54, 1.807) is 23.6 Å². The molecule has 5 rings (SSSR count). The number of imidazole rings is 1. The van der Waals surface area contributed by atoms with Crippen molar-refractivity contribution in [2.75, 3.05) is 17.2 Å². The number of ether oxygens (including phenoxy) is 1. The van der Waals surface area contributed by atoms with Crippen molar-refractivity contribution in [3.05, 3.63) is 66.0 Å². The van der Waals surface area contributed by atoms with Gasteiger partial charge in [-0.05, 0) is 18.1 Å². The molecule has 1 atom stereocenters. The van der Waals surface area contributed by atoms with Gasteiger partial charge in [0.25, 0.3) is 0 Å². The Morgan fingerprint density at radius 2 is 2.20 bits per heavy atom. The van der Waals surface area contributed by atoms with Crippen LogP contribution in [-0.2, 0) is 30.8 Å². The molecule has 154 valence electrons. The molecule has 4 heterocycles. The van der Waals surface area contributed by atoms with Gasteiger partial charge in [-0.15, -0.1) is 0 Å². The lowest BCUT2D eigenvalue weighted by atomic mass is 10.1. The highest BCUT2D eigenvalue weighted by Gasteiger charge is 2.27. The summed E-state index contributed by atoms with van der Waals surface area (Å²) in [5, 5.41) is 6.78. The molecule has 0 saturated heterocycles. The number of fused-ring (bicyclic) bond motifs is 2. The van der Waals surface area contributed by atoms with Gasteiger partial charge in [0.15, 0.2) is 0 Å². The monoisotopic (exact) mass is 405 g/mol. The number of nitrogens with one attached hydrogen (secondary N) is 2. The molecule has 0 bridgehead atoms. The van der Waals surface area contributed by atoms with Crippen LogP contribution in [0.5, 0.6) is 0 Å². The number of benzene rings is 1. The molecule has 0 aliphatic carbocycles. The van der Waals surface area contributed by atoms with Crippen molar-refractivity contribution in [1.29, 1.82) is 0 Å². The predicted octanol–water partition coefficient (Wildman–Crippen LogP) is 2.62. The second kappa shape index (κ2) is 8.02. The average Bonchev–Trinajstić information content (AvgIpc) is 3.49. The first kappa shape index (κ1) is 18.4. The first-order valence-electron chi connectivity index (χ1n) is 10.1. The van der Waals surface area contributed by atoms with Crippen molar-refractivity contribution in [1.82, 2.24) is 24.4 Å². The number of anilines is 2. The van der Waals surface area contributed by atoms with Crippen LogP contribution in [0.4, 0.5) is 16.4 Å². The van der Waals surface area contributed by atoms with Crippen LogP contribution in [0.25, 0.3) is 0 Å². The number of rotatable bonds is 6. The Morgan fingerprint density at radius 1 is 1.27 bits per heavy atom. The van der Waals surface area contributed by atoms with Crippen LogP contribution >= 0.6 is 0 Å². The summed E-state index contributed by atoms with van der Waals surface area (Å²) in [7, 11) is 0. The highest BCUT2D eigenvalue weighted by molar-refractivity contribution is 5.68. The first-order chi connectivity index (χ1) is 14.7. The second-order valence-corrected chi connectivity index (χ2v) is 7.49. The number of hydrogen-bond acceptors (Lipinski definition) is 7. The Hall–Kier alpha value is -3.62. The molecular weight excluding hydrogens is 382 g/mol. The summed E-state index contributed by atoms with van der Waals surface area (Å²) in [6.07, 6.45) is 8.52. The van der Waals surface area contributed by atoms with E-state index in [0.29, 0.717) is 25.6 Å². The summed E-state index contributed by atoms with van der Waals surface area (Å²) in [4.78, 5) is 27.1. The molecule has 0 radical (unpaired) electrons. The number of hydrogen-bond donors (Lipinski definition) is 2. The average molecular weight is 405 g/mol. The Morgan fingerprint density at radius 3 is 3.07 bits per heavy atom. The van der Waals surface area contributed by atoms with E-state index in [9.17, 15) is 4.79 Å². The summed E-state index contributed by atoms with van der Waals surface area (Å²) in [6, 6.07) is 8.25. The molecule has 1 aromatic carbocycles. The minimum absolute atomic E-state index is 0.0541. The molecule has 1 amide bonds. The normalized spacial score (nSPS) is 16.7. The molecule has 0 saturated carbocycles. The summed E-state index contributed by atoms with van der Waals surface area (Å²) in [5.41, 5.74) is 4.23. The zero-order valence-electron chi connectivity index (χ0n) is 16.5. The predicted molar refractivity (Wildman–Crippen MR) is 111 cm³/mol. The Kier molecular flexibility index (Phi) is 4.92. The van der Waals surface area contributed by atoms with E-state index in [0.717, 1.165) is 36.3 Å². The van der Waals surface area contributed by atoms with Crippen molar-refractivity contribution in [3.8, 4) is 0 Å². The number of nitrogens with zero attached hydrogens (tertiary/aromatic N) is 5. The molecule has 2 aromatic heterocycles. The third-order valence-electron chi connectivity index (χ3n) is 5.33. The third kappa shape index (κ3) is 3.91. The topological polar surface area (TPSA) is 97.2 Å². The molecule has 0 spiro atoms. The van der Waals surface area contributed by atoms with Gasteiger partial charge in [0, 0.05) is 42.8 Å². The zero-order valence-corrected chi connectivity index (χ0v) is 16.5. The van der Waals surface area contributed by atoms with E-state index in [4.69, 9.17) is 4.74 Å². The molecule has 9 heteroatoms. The van der Waals surface area contributed by atoms with Crippen LogP contribution in [0.15, 0.2) is 49.2 Å². The quantitative estimate of drug-likeness (QED) is 0.609. The van der Waals surface area contributed by atoms with Gasteiger partial charge in [0.2, 0.25) is 5.95 Å². The van der Waals surface area contributed by atoms with Crippen molar-refractivity contribution in [2.24, 2.45) is 0 Å². The zero-order chi connectivity index (χ0) is 20.3. The van der Waals surface area contributed by atoms with Gasteiger partial charge in [-0.3, -0.25) is 4.90 Å². The maximum Gasteiger partial charge on any atom is 0.410 e. The molecule has 2 N–H and O–H groups in total. The van der Waals surface area contributed by atoms with Gasteiger partial charge in [0.05, 0.1) is 31.7 Å². The molecule has 2 aliphatic rings.